The smallest absolute Gasteiger partial charge is 0.221 e. The van der Waals surface area contributed by atoms with Crippen molar-refractivity contribution in [2.45, 2.75) is 11.3 Å². The lowest BCUT2D eigenvalue weighted by Crippen LogP contribution is -2.14. The number of carbonyl (C=O) groups is 1. The number of hydrogen-bond acceptors (Lipinski definition) is 3. The molecule has 2 aromatic carbocycles. The molecule has 0 saturated carbocycles. The molecule has 0 saturated heterocycles. The van der Waals surface area contributed by atoms with Gasteiger partial charge in [-0.05, 0) is 28.8 Å². The van der Waals surface area contributed by atoms with E-state index in [0.717, 1.165) is 16.7 Å². The fourth-order valence-corrected chi connectivity index (χ4v) is 2.66. The van der Waals surface area contributed by atoms with Gasteiger partial charge in [0.2, 0.25) is 5.91 Å². The van der Waals surface area contributed by atoms with Crippen LogP contribution in [0.2, 0.25) is 0 Å². The van der Waals surface area contributed by atoms with Crippen molar-refractivity contribution in [3.05, 3.63) is 54.1 Å². The number of primary amides is 1. The highest BCUT2D eigenvalue weighted by atomic mass is 32.2. The number of amides is 1. The maximum absolute atomic E-state index is 11.4. The van der Waals surface area contributed by atoms with Crippen LogP contribution in [0.5, 0.6) is 0 Å². The highest BCUT2D eigenvalue weighted by Crippen LogP contribution is 2.25. The van der Waals surface area contributed by atoms with Crippen LogP contribution in [0.1, 0.15) is 5.56 Å². The molecule has 0 fully saturated rings. The molecule has 4 nitrogen and oxygen atoms in total. The molecule has 20 heavy (non-hydrogen) atoms. The largest absolute Gasteiger partial charge is 0.369 e. The number of hydrogen-bond donors (Lipinski definition) is 1. The van der Waals surface area contributed by atoms with Crippen LogP contribution in [0, 0.1) is 0 Å². The summed E-state index contributed by atoms with van der Waals surface area (Å²) in [6, 6.07) is 14.0. The molecule has 0 atom stereocenters. The molecular weight excluding hydrogens is 274 g/mol. The van der Waals surface area contributed by atoms with Crippen molar-refractivity contribution < 1.29 is 13.2 Å². The Morgan fingerprint density at radius 2 is 1.65 bits per heavy atom. The van der Waals surface area contributed by atoms with Gasteiger partial charge in [-0.15, -0.1) is 0 Å². The second-order valence-corrected chi connectivity index (χ2v) is 6.61. The van der Waals surface area contributed by atoms with Gasteiger partial charge in [-0.1, -0.05) is 36.4 Å². The van der Waals surface area contributed by atoms with Gasteiger partial charge < -0.3 is 5.73 Å². The highest BCUT2D eigenvalue weighted by Gasteiger charge is 2.10. The zero-order valence-electron chi connectivity index (χ0n) is 11.0. The summed E-state index contributed by atoms with van der Waals surface area (Å²) in [5.41, 5.74) is 7.80. The molecule has 1 amide bonds. The number of sulfone groups is 1. The summed E-state index contributed by atoms with van der Waals surface area (Å²) in [5.74, 6) is -0.398. The van der Waals surface area contributed by atoms with Crippen molar-refractivity contribution in [1.82, 2.24) is 0 Å². The van der Waals surface area contributed by atoms with E-state index in [4.69, 9.17) is 5.73 Å². The SMILES string of the molecule is CS(=O)(=O)c1ccc(-c2ccccc2CC(N)=O)cc1. The third-order valence-corrected chi connectivity index (χ3v) is 4.10. The third kappa shape index (κ3) is 3.24. The van der Waals surface area contributed by atoms with Crippen LogP contribution < -0.4 is 5.73 Å². The lowest BCUT2D eigenvalue weighted by Gasteiger charge is -2.09. The maximum Gasteiger partial charge on any atom is 0.221 e. The van der Waals surface area contributed by atoms with E-state index in [0.29, 0.717) is 0 Å². The van der Waals surface area contributed by atoms with E-state index in [1.54, 1.807) is 24.3 Å². The van der Waals surface area contributed by atoms with Gasteiger partial charge in [0, 0.05) is 6.26 Å². The Labute approximate surface area is 118 Å². The summed E-state index contributed by atoms with van der Waals surface area (Å²) in [6.07, 6.45) is 1.33. The first-order valence-corrected chi connectivity index (χ1v) is 7.94. The summed E-state index contributed by atoms with van der Waals surface area (Å²) < 4.78 is 22.9. The first-order valence-electron chi connectivity index (χ1n) is 6.04. The van der Waals surface area contributed by atoms with E-state index in [9.17, 15) is 13.2 Å². The van der Waals surface area contributed by atoms with Crippen LogP contribution in [-0.4, -0.2) is 20.6 Å². The average molecular weight is 289 g/mol. The molecule has 2 N–H and O–H groups in total. The van der Waals surface area contributed by atoms with Crippen LogP contribution in [0.3, 0.4) is 0 Å². The highest BCUT2D eigenvalue weighted by molar-refractivity contribution is 7.90. The van der Waals surface area contributed by atoms with Crippen LogP contribution in [0.4, 0.5) is 0 Å². The summed E-state index contributed by atoms with van der Waals surface area (Å²) in [6.45, 7) is 0. The molecule has 0 heterocycles. The van der Waals surface area contributed by atoms with Gasteiger partial charge >= 0.3 is 0 Å². The standard InChI is InChI=1S/C15H15NO3S/c1-20(18,19)13-8-6-11(7-9-13)14-5-3-2-4-12(14)10-15(16)17/h2-9H,10H2,1H3,(H2,16,17). The molecule has 2 aromatic rings. The molecule has 0 aliphatic heterocycles. The fraction of sp³-hybridized carbons (Fsp3) is 0.133. The monoisotopic (exact) mass is 289 g/mol. The quantitative estimate of drug-likeness (QED) is 0.932. The number of carbonyl (C=O) groups excluding carboxylic acids is 1. The van der Waals surface area contributed by atoms with E-state index in [1.165, 1.54) is 6.26 Å². The fourth-order valence-electron chi connectivity index (χ4n) is 2.03. The topological polar surface area (TPSA) is 77.2 Å². The van der Waals surface area contributed by atoms with Crippen LogP contribution >= 0.6 is 0 Å². The Kier molecular flexibility index (Phi) is 3.90. The first kappa shape index (κ1) is 14.3. The lowest BCUT2D eigenvalue weighted by atomic mass is 9.98. The minimum Gasteiger partial charge on any atom is -0.369 e. The van der Waals surface area contributed by atoms with Crippen molar-refractivity contribution in [2.75, 3.05) is 6.26 Å². The second-order valence-electron chi connectivity index (χ2n) is 4.60. The van der Waals surface area contributed by atoms with Gasteiger partial charge in [-0.25, -0.2) is 8.42 Å². The molecule has 104 valence electrons. The maximum atomic E-state index is 11.4. The zero-order valence-corrected chi connectivity index (χ0v) is 11.9. The van der Waals surface area contributed by atoms with Gasteiger partial charge in [-0.2, -0.15) is 0 Å². The number of benzene rings is 2. The van der Waals surface area contributed by atoms with Gasteiger partial charge in [0.25, 0.3) is 0 Å². The molecule has 0 radical (unpaired) electrons. The molecule has 0 unspecified atom stereocenters. The third-order valence-electron chi connectivity index (χ3n) is 2.98. The van der Waals surface area contributed by atoms with Crippen molar-refractivity contribution >= 4 is 15.7 Å². The minimum atomic E-state index is -3.21. The molecule has 0 bridgehead atoms. The molecule has 5 heteroatoms. The first-order chi connectivity index (χ1) is 9.38. The van der Waals surface area contributed by atoms with Crippen molar-refractivity contribution in [3.63, 3.8) is 0 Å². The summed E-state index contributed by atoms with van der Waals surface area (Å²) in [7, 11) is -3.21. The molecular formula is C15H15NO3S. The molecule has 0 aliphatic carbocycles. The molecule has 0 spiro atoms. The number of rotatable bonds is 4. The molecule has 0 aromatic heterocycles. The van der Waals surface area contributed by atoms with Gasteiger partial charge in [-0.3, -0.25) is 4.79 Å². The van der Waals surface area contributed by atoms with E-state index < -0.39 is 15.7 Å². The Hall–Kier alpha value is -2.14. The van der Waals surface area contributed by atoms with E-state index in [2.05, 4.69) is 0 Å². The Bertz CT molecular complexity index is 734. The Morgan fingerprint density at radius 1 is 1.05 bits per heavy atom. The van der Waals surface area contributed by atoms with Gasteiger partial charge in [0.05, 0.1) is 11.3 Å². The molecule has 0 aliphatic rings. The van der Waals surface area contributed by atoms with Crippen LogP contribution in [0.25, 0.3) is 11.1 Å². The normalized spacial score (nSPS) is 11.2. The van der Waals surface area contributed by atoms with Crippen molar-refractivity contribution in [3.8, 4) is 11.1 Å². The number of nitrogens with two attached hydrogens (primary N) is 1. The van der Waals surface area contributed by atoms with Crippen molar-refractivity contribution in [2.24, 2.45) is 5.73 Å². The predicted molar refractivity (Wildman–Crippen MR) is 77.9 cm³/mol. The van der Waals surface area contributed by atoms with Crippen LogP contribution in [0.15, 0.2) is 53.4 Å². The Morgan fingerprint density at radius 3 is 2.20 bits per heavy atom. The van der Waals surface area contributed by atoms with E-state index in [-0.39, 0.29) is 11.3 Å². The van der Waals surface area contributed by atoms with E-state index in [1.807, 2.05) is 24.3 Å². The minimum absolute atomic E-state index is 0.157. The Balaban J connectivity index is 2.44. The van der Waals surface area contributed by atoms with Gasteiger partial charge in [0.1, 0.15) is 0 Å². The van der Waals surface area contributed by atoms with E-state index >= 15 is 0 Å². The van der Waals surface area contributed by atoms with Gasteiger partial charge in [0.15, 0.2) is 9.84 Å². The molecule has 2 rings (SSSR count). The lowest BCUT2D eigenvalue weighted by molar-refractivity contribution is -0.117. The van der Waals surface area contributed by atoms with Crippen LogP contribution in [-0.2, 0) is 21.1 Å². The summed E-state index contributed by atoms with van der Waals surface area (Å²) >= 11 is 0. The predicted octanol–water partition coefficient (Wildman–Crippen LogP) is 1.78. The van der Waals surface area contributed by atoms with Crippen molar-refractivity contribution in [1.29, 1.82) is 0 Å². The summed E-state index contributed by atoms with van der Waals surface area (Å²) in [4.78, 5) is 11.4. The second kappa shape index (κ2) is 5.46. The summed E-state index contributed by atoms with van der Waals surface area (Å²) in [5, 5.41) is 0. The zero-order chi connectivity index (χ0) is 14.8. The average Bonchev–Trinajstić information content (AvgIpc) is 2.38.